The Hall–Kier alpha value is -2.67. The van der Waals surface area contributed by atoms with Crippen LogP contribution in [-0.2, 0) is 20.7 Å². The van der Waals surface area contributed by atoms with Crippen molar-refractivity contribution in [2.75, 3.05) is 19.0 Å². The van der Waals surface area contributed by atoms with Gasteiger partial charge in [-0.15, -0.1) is 0 Å². The molecule has 1 N–H and O–H groups in total. The quantitative estimate of drug-likeness (QED) is 0.716. The lowest BCUT2D eigenvalue weighted by molar-refractivity contribution is -0.145. The molecule has 2 amide bonds. The average Bonchev–Trinajstić information content (AvgIpc) is 3.18. The number of nitrogens with one attached hydrogen (secondary N) is 1. The minimum Gasteiger partial charge on any atom is -0.467 e. The van der Waals surface area contributed by atoms with E-state index in [1.54, 1.807) is 24.3 Å². The lowest BCUT2D eigenvalue weighted by Crippen LogP contribution is -2.41. The number of benzene rings is 2. The highest BCUT2D eigenvalue weighted by Crippen LogP contribution is 2.22. The molecule has 0 saturated carbocycles. The van der Waals surface area contributed by atoms with Crippen molar-refractivity contribution in [1.82, 2.24) is 4.90 Å². The third kappa shape index (κ3) is 4.78. The number of hydrogen-bond donors (Lipinski definition) is 1. The van der Waals surface area contributed by atoms with Crippen LogP contribution in [-0.4, -0.2) is 42.4 Å². The summed E-state index contributed by atoms with van der Waals surface area (Å²) in [7, 11) is 1.32. The van der Waals surface area contributed by atoms with E-state index in [9.17, 15) is 14.4 Å². The number of esters is 1. The highest BCUT2D eigenvalue weighted by molar-refractivity contribution is 9.10. The van der Waals surface area contributed by atoms with Crippen LogP contribution in [0.5, 0.6) is 0 Å². The Morgan fingerprint density at radius 3 is 2.64 bits per heavy atom. The molecule has 1 aliphatic rings. The van der Waals surface area contributed by atoms with Crippen molar-refractivity contribution in [2.24, 2.45) is 0 Å². The largest absolute Gasteiger partial charge is 0.467 e. The summed E-state index contributed by atoms with van der Waals surface area (Å²) in [6, 6.07) is 13.7. The molecular formula is C21H21BrN2O4. The first kappa shape index (κ1) is 20.1. The lowest BCUT2D eigenvalue weighted by atomic mass is 10.1. The molecule has 6 nitrogen and oxygen atoms in total. The Labute approximate surface area is 172 Å². The van der Waals surface area contributed by atoms with Gasteiger partial charge in [-0.1, -0.05) is 34.1 Å². The SMILES string of the molecule is COC(=O)C1CCCN1C(=O)c1cccc(NC(=O)Cc2ccc(Br)cc2)c1. The van der Waals surface area contributed by atoms with Gasteiger partial charge < -0.3 is 15.0 Å². The molecule has 1 aliphatic heterocycles. The summed E-state index contributed by atoms with van der Waals surface area (Å²) in [5.74, 6) is -0.803. The predicted octanol–water partition coefficient (Wildman–Crippen LogP) is 3.41. The van der Waals surface area contributed by atoms with E-state index >= 15 is 0 Å². The first-order valence-corrected chi connectivity index (χ1v) is 9.80. The third-order valence-electron chi connectivity index (χ3n) is 4.66. The molecule has 1 heterocycles. The van der Waals surface area contributed by atoms with Crippen molar-refractivity contribution in [3.05, 3.63) is 64.1 Å². The number of methoxy groups -OCH3 is 1. The number of ether oxygens (including phenoxy) is 1. The van der Waals surface area contributed by atoms with Crippen LogP contribution in [0, 0.1) is 0 Å². The number of rotatable bonds is 5. The van der Waals surface area contributed by atoms with E-state index < -0.39 is 12.0 Å². The van der Waals surface area contributed by atoms with Gasteiger partial charge in [0.25, 0.3) is 5.91 Å². The molecule has 28 heavy (non-hydrogen) atoms. The van der Waals surface area contributed by atoms with Crippen molar-refractivity contribution >= 4 is 39.4 Å². The Morgan fingerprint density at radius 1 is 1.18 bits per heavy atom. The fourth-order valence-corrected chi connectivity index (χ4v) is 3.54. The zero-order valence-corrected chi connectivity index (χ0v) is 17.1. The van der Waals surface area contributed by atoms with Crippen LogP contribution < -0.4 is 5.32 Å². The highest BCUT2D eigenvalue weighted by Gasteiger charge is 2.35. The highest BCUT2D eigenvalue weighted by atomic mass is 79.9. The molecular weight excluding hydrogens is 424 g/mol. The van der Waals surface area contributed by atoms with Crippen molar-refractivity contribution in [3.63, 3.8) is 0 Å². The normalized spacial score (nSPS) is 15.9. The molecule has 0 aliphatic carbocycles. The molecule has 7 heteroatoms. The minimum absolute atomic E-state index is 0.166. The maximum absolute atomic E-state index is 12.8. The van der Waals surface area contributed by atoms with Crippen LogP contribution in [0.1, 0.15) is 28.8 Å². The van der Waals surface area contributed by atoms with E-state index in [4.69, 9.17) is 4.74 Å². The maximum Gasteiger partial charge on any atom is 0.328 e. The number of hydrogen-bond acceptors (Lipinski definition) is 4. The zero-order chi connectivity index (χ0) is 20.1. The van der Waals surface area contributed by atoms with Crippen LogP contribution in [0.3, 0.4) is 0 Å². The fourth-order valence-electron chi connectivity index (χ4n) is 3.28. The van der Waals surface area contributed by atoms with Crippen molar-refractivity contribution in [3.8, 4) is 0 Å². The van der Waals surface area contributed by atoms with E-state index in [2.05, 4.69) is 21.2 Å². The standard InChI is InChI=1S/C21H21BrN2O4/c1-28-21(27)18-6-3-11-24(18)20(26)15-4-2-5-17(13-15)23-19(25)12-14-7-9-16(22)10-8-14/h2,4-5,7-10,13,18H,3,6,11-12H2,1H3,(H,23,25). The number of halogens is 1. The van der Waals surface area contributed by atoms with Gasteiger partial charge in [0.15, 0.2) is 0 Å². The first-order valence-electron chi connectivity index (χ1n) is 9.01. The zero-order valence-electron chi connectivity index (χ0n) is 15.5. The van der Waals surface area contributed by atoms with E-state index in [1.807, 2.05) is 24.3 Å². The van der Waals surface area contributed by atoms with Gasteiger partial charge in [-0.2, -0.15) is 0 Å². The molecule has 146 valence electrons. The smallest absolute Gasteiger partial charge is 0.328 e. The molecule has 2 aromatic carbocycles. The van der Waals surface area contributed by atoms with Gasteiger partial charge >= 0.3 is 5.97 Å². The van der Waals surface area contributed by atoms with Gasteiger partial charge in [0, 0.05) is 22.3 Å². The Balaban J connectivity index is 1.68. The van der Waals surface area contributed by atoms with Crippen LogP contribution in [0.4, 0.5) is 5.69 Å². The number of amides is 2. The number of carbonyl (C=O) groups excluding carboxylic acids is 3. The molecule has 1 unspecified atom stereocenters. The van der Waals surface area contributed by atoms with Crippen LogP contribution >= 0.6 is 15.9 Å². The molecule has 0 spiro atoms. The van der Waals surface area contributed by atoms with Crippen LogP contribution in [0.15, 0.2) is 53.0 Å². The van der Waals surface area contributed by atoms with Gasteiger partial charge in [-0.25, -0.2) is 4.79 Å². The molecule has 3 rings (SSSR count). The van der Waals surface area contributed by atoms with Gasteiger partial charge in [0.05, 0.1) is 13.5 Å². The van der Waals surface area contributed by atoms with E-state index in [1.165, 1.54) is 12.0 Å². The summed E-state index contributed by atoms with van der Waals surface area (Å²) >= 11 is 3.37. The minimum atomic E-state index is -0.548. The first-order chi connectivity index (χ1) is 13.5. The summed E-state index contributed by atoms with van der Waals surface area (Å²) in [4.78, 5) is 38.6. The van der Waals surface area contributed by atoms with Crippen molar-refractivity contribution < 1.29 is 19.1 Å². The second-order valence-corrected chi connectivity index (χ2v) is 7.53. The lowest BCUT2D eigenvalue weighted by Gasteiger charge is -2.23. The van der Waals surface area contributed by atoms with Crippen molar-refractivity contribution in [1.29, 1.82) is 0 Å². The van der Waals surface area contributed by atoms with Crippen molar-refractivity contribution in [2.45, 2.75) is 25.3 Å². The van der Waals surface area contributed by atoms with Gasteiger partial charge in [0.2, 0.25) is 5.91 Å². The monoisotopic (exact) mass is 444 g/mol. The third-order valence-corrected chi connectivity index (χ3v) is 5.19. The van der Waals surface area contributed by atoms with Crippen LogP contribution in [0.25, 0.3) is 0 Å². The topological polar surface area (TPSA) is 75.7 Å². The number of anilines is 1. The van der Waals surface area contributed by atoms with E-state index in [0.717, 1.165) is 16.5 Å². The Bertz CT molecular complexity index is 882. The average molecular weight is 445 g/mol. The summed E-state index contributed by atoms with van der Waals surface area (Å²) < 4.78 is 5.75. The molecule has 1 fully saturated rings. The maximum atomic E-state index is 12.8. The summed E-state index contributed by atoms with van der Waals surface area (Å²) in [5.41, 5.74) is 1.87. The summed E-state index contributed by atoms with van der Waals surface area (Å²) in [6.45, 7) is 0.513. The molecule has 0 radical (unpaired) electrons. The second-order valence-electron chi connectivity index (χ2n) is 6.61. The summed E-state index contributed by atoms with van der Waals surface area (Å²) in [6.07, 6.45) is 1.60. The number of carbonyl (C=O) groups is 3. The van der Waals surface area contributed by atoms with Gasteiger partial charge in [-0.05, 0) is 48.7 Å². The Kier molecular flexibility index (Phi) is 6.46. The summed E-state index contributed by atoms with van der Waals surface area (Å²) in [5, 5.41) is 2.82. The molecule has 2 aromatic rings. The number of likely N-dealkylation sites (tertiary alicyclic amines) is 1. The van der Waals surface area contributed by atoms with Crippen LogP contribution in [0.2, 0.25) is 0 Å². The predicted molar refractivity (Wildman–Crippen MR) is 109 cm³/mol. The van der Waals surface area contributed by atoms with Gasteiger partial charge in [-0.3, -0.25) is 9.59 Å². The fraction of sp³-hybridized carbons (Fsp3) is 0.286. The molecule has 1 saturated heterocycles. The second kappa shape index (κ2) is 9.01. The molecule has 0 aromatic heterocycles. The van der Waals surface area contributed by atoms with Gasteiger partial charge in [0.1, 0.15) is 6.04 Å². The van der Waals surface area contributed by atoms with E-state index in [-0.39, 0.29) is 18.2 Å². The molecule has 1 atom stereocenters. The number of nitrogens with zero attached hydrogens (tertiary/aromatic N) is 1. The van der Waals surface area contributed by atoms with E-state index in [0.29, 0.717) is 24.2 Å². The molecule has 0 bridgehead atoms. The Morgan fingerprint density at radius 2 is 1.93 bits per heavy atom.